The largest absolute Gasteiger partial charge is 0.327 e. The first-order valence-electron chi connectivity index (χ1n) is 11.2. The van der Waals surface area contributed by atoms with Crippen molar-refractivity contribution < 1.29 is 9.59 Å². The van der Waals surface area contributed by atoms with Crippen LogP contribution in [0.15, 0.2) is 66.0 Å². The molecule has 0 spiro atoms. The van der Waals surface area contributed by atoms with E-state index in [0.717, 1.165) is 24.2 Å². The highest BCUT2D eigenvalue weighted by Crippen LogP contribution is 2.21. The summed E-state index contributed by atoms with van der Waals surface area (Å²) in [6.45, 7) is 0.934. The Bertz CT molecular complexity index is 1380. The Morgan fingerprint density at radius 2 is 2.00 bits per heavy atom. The summed E-state index contributed by atoms with van der Waals surface area (Å²) in [7, 11) is 1.63. The van der Waals surface area contributed by atoms with E-state index in [-0.39, 0.29) is 17.4 Å². The molecule has 0 saturated carbocycles. The number of likely N-dealkylation sites (tertiary alicyclic amines) is 1. The average molecular weight is 460 g/mol. The maximum atomic E-state index is 13.1. The minimum Gasteiger partial charge on any atom is -0.327 e. The summed E-state index contributed by atoms with van der Waals surface area (Å²) in [4.78, 5) is 44.3. The van der Waals surface area contributed by atoms with Crippen molar-refractivity contribution in [3.8, 4) is 0 Å². The molecular weight excluding hydrogens is 434 g/mol. The Morgan fingerprint density at radius 1 is 1.12 bits per heavy atom. The molecule has 0 radical (unpaired) electrons. The second kappa shape index (κ2) is 8.97. The number of imidazole rings is 1. The standard InChI is InChI=1S/C24H25N7O3/c1-28-12-8-17(14-22(28)32)24(34)31-11-5-2-6-19(31)23(33)26-20-9-13-30(27-20)16-18-15-29-10-4-3-7-21(29)25-18/h3-4,7-10,12-15,19H,2,5-6,11,16H2,1H3,(H,26,27,33). The van der Waals surface area contributed by atoms with Crippen molar-refractivity contribution in [2.75, 3.05) is 11.9 Å². The highest BCUT2D eigenvalue weighted by Gasteiger charge is 2.33. The first kappa shape index (κ1) is 21.6. The van der Waals surface area contributed by atoms with Crippen LogP contribution in [-0.4, -0.2) is 53.0 Å². The molecule has 34 heavy (non-hydrogen) atoms. The summed E-state index contributed by atoms with van der Waals surface area (Å²) in [6.07, 6.45) is 9.44. The molecule has 1 atom stereocenters. The van der Waals surface area contributed by atoms with Crippen molar-refractivity contribution in [2.24, 2.45) is 7.05 Å². The van der Waals surface area contributed by atoms with Crippen molar-refractivity contribution in [2.45, 2.75) is 31.8 Å². The lowest BCUT2D eigenvalue weighted by molar-refractivity contribution is -0.121. The molecule has 4 aromatic heterocycles. The molecule has 0 aromatic carbocycles. The summed E-state index contributed by atoms with van der Waals surface area (Å²) < 4.78 is 5.05. The van der Waals surface area contributed by atoms with E-state index in [0.29, 0.717) is 30.9 Å². The Morgan fingerprint density at radius 3 is 2.82 bits per heavy atom. The van der Waals surface area contributed by atoms with Crippen molar-refractivity contribution in [3.63, 3.8) is 0 Å². The van der Waals surface area contributed by atoms with Gasteiger partial charge < -0.3 is 19.2 Å². The number of carbonyl (C=O) groups excluding carboxylic acids is 2. The molecule has 0 bridgehead atoms. The number of piperidine rings is 1. The first-order valence-corrected chi connectivity index (χ1v) is 11.2. The number of rotatable bonds is 5. The number of hydrogen-bond donors (Lipinski definition) is 1. The molecule has 10 nitrogen and oxygen atoms in total. The third-order valence-electron chi connectivity index (χ3n) is 6.05. The molecule has 1 unspecified atom stereocenters. The predicted molar refractivity (Wildman–Crippen MR) is 126 cm³/mol. The minimum atomic E-state index is -0.617. The molecule has 0 aliphatic carbocycles. The fraction of sp³-hybridized carbons (Fsp3) is 0.292. The van der Waals surface area contributed by atoms with Crippen molar-refractivity contribution >= 4 is 23.3 Å². The number of nitrogens with one attached hydrogen (secondary N) is 1. The molecule has 4 aromatic rings. The van der Waals surface area contributed by atoms with Crippen molar-refractivity contribution in [1.29, 1.82) is 0 Å². The lowest BCUT2D eigenvalue weighted by Crippen LogP contribution is -2.50. The van der Waals surface area contributed by atoms with Gasteiger partial charge in [-0.3, -0.25) is 19.1 Å². The van der Waals surface area contributed by atoms with Gasteiger partial charge in [-0.05, 0) is 37.5 Å². The first-order chi connectivity index (χ1) is 16.5. The van der Waals surface area contributed by atoms with Crippen LogP contribution in [-0.2, 0) is 18.4 Å². The number of aromatic nitrogens is 5. The summed E-state index contributed by atoms with van der Waals surface area (Å²) in [5.74, 6) is -0.176. The van der Waals surface area contributed by atoms with Gasteiger partial charge in [-0.15, -0.1) is 0 Å². The van der Waals surface area contributed by atoms with Crippen LogP contribution in [0, 0.1) is 0 Å². The van der Waals surface area contributed by atoms with Gasteiger partial charge in [0.1, 0.15) is 11.7 Å². The van der Waals surface area contributed by atoms with Gasteiger partial charge in [0.15, 0.2) is 5.82 Å². The predicted octanol–water partition coefficient (Wildman–Crippen LogP) is 1.91. The van der Waals surface area contributed by atoms with Crippen LogP contribution < -0.4 is 10.9 Å². The normalized spacial score (nSPS) is 16.0. The van der Waals surface area contributed by atoms with Crippen LogP contribution in [0.5, 0.6) is 0 Å². The Balaban J connectivity index is 1.28. The topological polar surface area (TPSA) is 107 Å². The fourth-order valence-electron chi connectivity index (χ4n) is 4.25. The van der Waals surface area contributed by atoms with Gasteiger partial charge in [0.05, 0.1) is 12.2 Å². The third-order valence-corrected chi connectivity index (χ3v) is 6.05. The van der Waals surface area contributed by atoms with Gasteiger partial charge in [0.25, 0.3) is 11.5 Å². The van der Waals surface area contributed by atoms with E-state index in [1.807, 2.05) is 35.0 Å². The number of anilines is 1. The lowest BCUT2D eigenvalue weighted by Gasteiger charge is -2.34. The maximum Gasteiger partial charge on any atom is 0.254 e. The second-order valence-electron chi connectivity index (χ2n) is 8.46. The molecule has 1 aliphatic rings. The number of fused-ring (bicyclic) bond motifs is 1. The number of aryl methyl sites for hydroxylation is 1. The number of pyridine rings is 2. The van der Waals surface area contributed by atoms with Crippen molar-refractivity contribution in [3.05, 3.63) is 82.8 Å². The molecule has 1 N–H and O–H groups in total. The molecule has 1 aliphatic heterocycles. The van der Waals surface area contributed by atoms with Gasteiger partial charge >= 0.3 is 0 Å². The molecule has 5 heterocycles. The number of amides is 2. The monoisotopic (exact) mass is 459 g/mol. The zero-order chi connectivity index (χ0) is 23.7. The summed E-state index contributed by atoms with van der Waals surface area (Å²) in [5, 5.41) is 7.29. The van der Waals surface area contributed by atoms with Gasteiger partial charge in [0.2, 0.25) is 5.91 Å². The maximum absolute atomic E-state index is 13.1. The lowest BCUT2D eigenvalue weighted by atomic mass is 10.00. The van der Waals surface area contributed by atoms with E-state index in [2.05, 4.69) is 15.4 Å². The third kappa shape index (κ3) is 4.34. The van der Waals surface area contributed by atoms with Gasteiger partial charge in [0, 0.05) is 56.1 Å². The summed E-state index contributed by atoms with van der Waals surface area (Å²) in [5.41, 5.74) is 1.74. The smallest absolute Gasteiger partial charge is 0.254 e. The molecule has 1 saturated heterocycles. The van der Waals surface area contributed by atoms with E-state index in [1.54, 1.807) is 41.2 Å². The van der Waals surface area contributed by atoms with E-state index in [1.165, 1.54) is 10.6 Å². The fourth-order valence-corrected chi connectivity index (χ4v) is 4.25. The minimum absolute atomic E-state index is 0.264. The van der Waals surface area contributed by atoms with Crippen LogP contribution in [0.1, 0.15) is 35.3 Å². The number of hydrogen-bond acceptors (Lipinski definition) is 5. The quantitative estimate of drug-likeness (QED) is 0.491. The zero-order valence-electron chi connectivity index (χ0n) is 18.8. The highest BCUT2D eigenvalue weighted by atomic mass is 16.2. The van der Waals surface area contributed by atoms with E-state index >= 15 is 0 Å². The van der Waals surface area contributed by atoms with Gasteiger partial charge in [-0.2, -0.15) is 5.10 Å². The molecule has 174 valence electrons. The molecular formula is C24H25N7O3. The van der Waals surface area contributed by atoms with E-state index in [9.17, 15) is 14.4 Å². The Hall–Kier alpha value is -4.21. The second-order valence-corrected chi connectivity index (χ2v) is 8.46. The Kier molecular flexibility index (Phi) is 5.70. The van der Waals surface area contributed by atoms with Gasteiger partial charge in [-0.25, -0.2) is 4.98 Å². The van der Waals surface area contributed by atoms with E-state index < -0.39 is 6.04 Å². The van der Waals surface area contributed by atoms with Crippen molar-refractivity contribution in [1.82, 2.24) is 28.6 Å². The van der Waals surface area contributed by atoms with Crippen LogP contribution in [0.25, 0.3) is 5.65 Å². The van der Waals surface area contributed by atoms with Crippen LogP contribution >= 0.6 is 0 Å². The van der Waals surface area contributed by atoms with Crippen LogP contribution in [0.4, 0.5) is 5.82 Å². The Labute approximate surface area is 195 Å². The SMILES string of the molecule is Cn1ccc(C(=O)N2CCCCC2C(=O)Nc2ccn(Cc3cn4ccccc4n3)n2)cc1=O. The molecule has 2 amide bonds. The number of carbonyl (C=O) groups is 2. The van der Waals surface area contributed by atoms with Crippen LogP contribution in [0.2, 0.25) is 0 Å². The summed E-state index contributed by atoms with van der Waals surface area (Å²) >= 11 is 0. The highest BCUT2D eigenvalue weighted by molar-refractivity contribution is 6.00. The molecule has 1 fully saturated rings. The number of nitrogens with zero attached hydrogens (tertiary/aromatic N) is 6. The molecule has 10 heteroatoms. The van der Waals surface area contributed by atoms with E-state index in [4.69, 9.17) is 0 Å². The van der Waals surface area contributed by atoms with Crippen LogP contribution in [0.3, 0.4) is 0 Å². The average Bonchev–Trinajstić information content (AvgIpc) is 3.46. The summed E-state index contributed by atoms with van der Waals surface area (Å²) in [6, 6.07) is 9.84. The zero-order valence-corrected chi connectivity index (χ0v) is 18.8. The van der Waals surface area contributed by atoms with Gasteiger partial charge in [-0.1, -0.05) is 6.07 Å². The molecule has 5 rings (SSSR count).